The number of hydrogen-bond acceptors (Lipinski definition) is 3. The van der Waals surface area contributed by atoms with Crippen molar-refractivity contribution >= 4 is 0 Å². The molecule has 1 fully saturated rings. The monoisotopic (exact) mass is 381 g/mol. The van der Waals surface area contributed by atoms with E-state index < -0.39 is 0 Å². The Morgan fingerprint density at radius 2 is 1.54 bits per heavy atom. The van der Waals surface area contributed by atoms with Gasteiger partial charge in [0.25, 0.3) is 0 Å². The van der Waals surface area contributed by atoms with E-state index in [1.54, 1.807) is 0 Å². The molecule has 28 heavy (non-hydrogen) atoms. The van der Waals surface area contributed by atoms with Crippen molar-refractivity contribution in [2.75, 3.05) is 26.2 Å². The van der Waals surface area contributed by atoms with Gasteiger partial charge in [-0.15, -0.1) is 0 Å². The van der Waals surface area contributed by atoms with Crippen LogP contribution in [0.3, 0.4) is 0 Å². The molecule has 1 heterocycles. The van der Waals surface area contributed by atoms with Crippen molar-refractivity contribution in [3.8, 4) is 11.5 Å². The van der Waals surface area contributed by atoms with Crippen molar-refractivity contribution < 1.29 is 9.47 Å². The minimum absolute atomic E-state index is 0.567. The molecule has 3 heteroatoms. The summed E-state index contributed by atoms with van der Waals surface area (Å²) in [5.41, 5.74) is 1.17. The van der Waals surface area contributed by atoms with Gasteiger partial charge in [-0.1, -0.05) is 62.2 Å². The standard InChI is InChI=1S/C25H35NO2/c1-2-3-9-17-26-18-14-22(15-19-26)16-20-27-24-12-7-8-13-25(24)28-21-23-10-5-4-6-11-23/h4-8,10-13,22H,2-3,9,14-21H2,1H3. The Balaban J connectivity index is 1.38. The van der Waals surface area contributed by atoms with E-state index in [9.17, 15) is 0 Å². The first-order valence-electron chi connectivity index (χ1n) is 11.0. The van der Waals surface area contributed by atoms with Gasteiger partial charge in [-0.05, 0) is 68.9 Å². The normalized spacial score (nSPS) is 15.5. The van der Waals surface area contributed by atoms with E-state index in [-0.39, 0.29) is 0 Å². The topological polar surface area (TPSA) is 21.7 Å². The molecule has 152 valence electrons. The molecule has 1 aliphatic heterocycles. The van der Waals surface area contributed by atoms with E-state index in [4.69, 9.17) is 9.47 Å². The lowest BCUT2D eigenvalue weighted by atomic mass is 9.94. The minimum Gasteiger partial charge on any atom is -0.490 e. The van der Waals surface area contributed by atoms with Crippen molar-refractivity contribution in [2.45, 2.75) is 52.1 Å². The van der Waals surface area contributed by atoms with Gasteiger partial charge in [0.2, 0.25) is 0 Å². The highest BCUT2D eigenvalue weighted by atomic mass is 16.5. The second-order valence-corrected chi connectivity index (χ2v) is 7.85. The fraction of sp³-hybridized carbons (Fsp3) is 0.520. The highest BCUT2D eigenvalue weighted by molar-refractivity contribution is 5.39. The Hall–Kier alpha value is -2.00. The third kappa shape index (κ3) is 6.87. The van der Waals surface area contributed by atoms with Crippen molar-refractivity contribution in [3.05, 3.63) is 60.2 Å². The first-order chi connectivity index (χ1) is 13.8. The average Bonchev–Trinajstić information content (AvgIpc) is 2.75. The zero-order chi connectivity index (χ0) is 19.4. The summed E-state index contributed by atoms with van der Waals surface area (Å²) in [7, 11) is 0. The molecule has 0 amide bonds. The molecule has 0 N–H and O–H groups in total. The van der Waals surface area contributed by atoms with Crippen LogP contribution in [0, 0.1) is 5.92 Å². The lowest BCUT2D eigenvalue weighted by molar-refractivity contribution is 0.159. The van der Waals surface area contributed by atoms with Gasteiger partial charge in [0.15, 0.2) is 11.5 Å². The van der Waals surface area contributed by atoms with Gasteiger partial charge < -0.3 is 14.4 Å². The second kappa shape index (κ2) is 11.8. The summed E-state index contributed by atoms with van der Waals surface area (Å²) in [6.45, 7) is 7.40. The van der Waals surface area contributed by atoms with Gasteiger partial charge in [0.1, 0.15) is 6.61 Å². The van der Waals surface area contributed by atoms with E-state index in [0.29, 0.717) is 6.61 Å². The van der Waals surface area contributed by atoms with Gasteiger partial charge in [0.05, 0.1) is 6.61 Å². The molecule has 0 bridgehead atoms. The van der Waals surface area contributed by atoms with Crippen molar-refractivity contribution in [3.63, 3.8) is 0 Å². The number of rotatable bonds is 11. The predicted octanol–water partition coefficient (Wildman–Crippen LogP) is 5.94. The van der Waals surface area contributed by atoms with Crippen LogP contribution < -0.4 is 9.47 Å². The molecule has 1 saturated heterocycles. The van der Waals surface area contributed by atoms with E-state index in [0.717, 1.165) is 30.4 Å². The van der Waals surface area contributed by atoms with Gasteiger partial charge in [-0.2, -0.15) is 0 Å². The number of hydrogen-bond donors (Lipinski definition) is 0. The average molecular weight is 382 g/mol. The maximum Gasteiger partial charge on any atom is 0.161 e. The van der Waals surface area contributed by atoms with Crippen LogP contribution in [0.5, 0.6) is 11.5 Å². The SMILES string of the molecule is CCCCCN1CCC(CCOc2ccccc2OCc2ccccc2)CC1. The summed E-state index contributed by atoms with van der Waals surface area (Å²) >= 11 is 0. The highest BCUT2D eigenvalue weighted by Gasteiger charge is 2.18. The van der Waals surface area contributed by atoms with Crippen LogP contribution in [0.1, 0.15) is 51.0 Å². The summed E-state index contributed by atoms with van der Waals surface area (Å²) in [5.74, 6) is 2.48. The zero-order valence-corrected chi connectivity index (χ0v) is 17.3. The number of nitrogens with zero attached hydrogens (tertiary/aromatic N) is 1. The number of ether oxygens (including phenoxy) is 2. The number of unbranched alkanes of at least 4 members (excludes halogenated alkanes) is 2. The quantitative estimate of drug-likeness (QED) is 0.450. The Kier molecular flexibility index (Phi) is 8.70. The van der Waals surface area contributed by atoms with Crippen LogP contribution in [-0.4, -0.2) is 31.1 Å². The number of likely N-dealkylation sites (tertiary alicyclic amines) is 1. The van der Waals surface area contributed by atoms with E-state index in [2.05, 4.69) is 24.0 Å². The molecule has 3 rings (SSSR count). The van der Waals surface area contributed by atoms with Crippen molar-refractivity contribution in [1.82, 2.24) is 4.90 Å². The van der Waals surface area contributed by atoms with Crippen LogP contribution >= 0.6 is 0 Å². The summed E-state index contributed by atoms with van der Waals surface area (Å²) in [4.78, 5) is 2.64. The molecule has 3 nitrogen and oxygen atoms in total. The molecule has 2 aromatic rings. The van der Waals surface area contributed by atoms with Crippen LogP contribution in [-0.2, 0) is 6.61 Å². The van der Waals surface area contributed by atoms with Crippen LogP contribution in [0.2, 0.25) is 0 Å². The van der Waals surface area contributed by atoms with E-state index in [1.165, 1.54) is 57.3 Å². The molecule has 2 aromatic carbocycles. The Labute approximate surface area is 170 Å². The molecule has 0 radical (unpaired) electrons. The molecule has 0 aromatic heterocycles. The molecular formula is C25H35NO2. The summed E-state index contributed by atoms with van der Waals surface area (Å²) in [6, 6.07) is 18.3. The number of piperidine rings is 1. The van der Waals surface area contributed by atoms with Gasteiger partial charge in [-0.3, -0.25) is 0 Å². The van der Waals surface area contributed by atoms with E-state index >= 15 is 0 Å². The molecule has 0 atom stereocenters. The number of benzene rings is 2. The van der Waals surface area contributed by atoms with Crippen LogP contribution in [0.4, 0.5) is 0 Å². The molecular weight excluding hydrogens is 346 g/mol. The summed E-state index contributed by atoms with van der Waals surface area (Å²) in [6.07, 6.45) is 7.77. The minimum atomic E-state index is 0.567. The maximum absolute atomic E-state index is 6.10. The van der Waals surface area contributed by atoms with Gasteiger partial charge >= 0.3 is 0 Å². The lowest BCUT2D eigenvalue weighted by Crippen LogP contribution is -2.34. The fourth-order valence-electron chi connectivity index (χ4n) is 3.84. The highest BCUT2D eigenvalue weighted by Crippen LogP contribution is 2.28. The second-order valence-electron chi connectivity index (χ2n) is 7.85. The lowest BCUT2D eigenvalue weighted by Gasteiger charge is -2.31. The van der Waals surface area contributed by atoms with Crippen molar-refractivity contribution in [2.24, 2.45) is 5.92 Å². The molecule has 0 aliphatic carbocycles. The summed E-state index contributed by atoms with van der Waals surface area (Å²) in [5, 5.41) is 0. The smallest absolute Gasteiger partial charge is 0.161 e. The maximum atomic E-state index is 6.10. The predicted molar refractivity (Wildman–Crippen MR) is 116 cm³/mol. The third-order valence-electron chi connectivity index (χ3n) is 5.66. The Morgan fingerprint density at radius 3 is 2.25 bits per heavy atom. The van der Waals surface area contributed by atoms with Gasteiger partial charge in [-0.25, -0.2) is 0 Å². The Morgan fingerprint density at radius 1 is 0.857 bits per heavy atom. The number of para-hydroxylation sites is 2. The fourth-order valence-corrected chi connectivity index (χ4v) is 3.84. The van der Waals surface area contributed by atoms with Crippen LogP contribution in [0.25, 0.3) is 0 Å². The first kappa shape index (κ1) is 20.7. The summed E-state index contributed by atoms with van der Waals surface area (Å²) < 4.78 is 12.1. The van der Waals surface area contributed by atoms with Crippen molar-refractivity contribution in [1.29, 1.82) is 0 Å². The van der Waals surface area contributed by atoms with E-state index in [1.807, 2.05) is 42.5 Å². The molecule has 0 unspecified atom stereocenters. The van der Waals surface area contributed by atoms with Crippen LogP contribution in [0.15, 0.2) is 54.6 Å². The third-order valence-corrected chi connectivity index (χ3v) is 5.66. The molecule has 0 spiro atoms. The molecule has 1 aliphatic rings. The van der Waals surface area contributed by atoms with Gasteiger partial charge in [0, 0.05) is 0 Å². The first-order valence-corrected chi connectivity index (χ1v) is 11.0. The Bertz CT molecular complexity index is 665. The largest absolute Gasteiger partial charge is 0.490 e. The zero-order valence-electron chi connectivity index (χ0n) is 17.3. The molecule has 0 saturated carbocycles.